The first-order valence-corrected chi connectivity index (χ1v) is 8.50. The molecule has 9 nitrogen and oxygen atoms in total. The summed E-state index contributed by atoms with van der Waals surface area (Å²) in [4.78, 5) is 43.6. The quantitative estimate of drug-likeness (QED) is 0.671. The topological polar surface area (TPSA) is 115 Å². The molecule has 9 heteroatoms. The number of fused-ring (bicyclic) bond motifs is 1. The van der Waals surface area contributed by atoms with Crippen molar-refractivity contribution in [2.45, 2.75) is 13.1 Å². The van der Waals surface area contributed by atoms with E-state index in [0.717, 1.165) is 16.3 Å². The van der Waals surface area contributed by atoms with Crippen LogP contribution < -0.4 is 26.0 Å². The van der Waals surface area contributed by atoms with Crippen LogP contribution in [0.1, 0.15) is 21.5 Å². The average molecular weight is 380 g/mol. The predicted octanol–water partition coefficient (Wildman–Crippen LogP) is 0.639. The van der Waals surface area contributed by atoms with E-state index >= 15 is 0 Å². The number of pyridine rings is 1. The van der Waals surface area contributed by atoms with Crippen molar-refractivity contribution in [1.29, 1.82) is 0 Å². The molecule has 0 aliphatic carbocycles. The molecule has 0 saturated carbocycles. The molecule has 1 amide bonds. The summed E-state index contributed by atoms with van der Waals surface area (Å²) in [6, 6.07) is 8.69. The molecule has 1 aliphatic rings. The summed E-state index contributed by atoms with van der Waals surface area (Å²) < 4.78 is 11.5. The third kappa shape index (κ3) is 3.50. The first-order chi connectivity index (χ1) is 13.6. The fourth-order valence-corrected chi connectivity index (χ4v) is 2.82. The average Bonchev–Trinajstić information content (AvgIpc) is 3.18. The molecule has 2 N–H and O–H groups in total. The standard InChI is InChI=1S/C19H16N4O5/c24-17(21-8-13-2-1-5-20-7-13)14-9-22-19(26)23(18(14)25)10-12-3-4-15-16(6-12)28-11-27-15/h1-7,9H,8,10-11H2,(H,21,24)(H,22,26). The Morgan fingerprint density at radius 2 is 2.04 bits per heavy atom. The lowest BCUT2D eigenvalue weighted by Crippen LogP contribution is -2.40. The number of benzene rings is 1. The van der Waals surface area contributed by atoms with Crippen molar-refractivity contribution >= 4 is 5.91 Å². The number of carbonyl (C=O) groups is 1. The summed E-state index contributed by atoms with van der Waals surface area (Å²) in [5.41, 5.74) is 0.0338. The van der Waals surface area contributed by atoms with E-state index in [2.05, 4.69) is 15.3 Å². The molecule has 0 saturated heterocycles. The number of ether oxygens (including phenoxy) is 2. The molecule has 2 aromatic heterocycles. The maximum absolute atomic E-state index is 12.7. The van der Waals surface area contributed by atoms with Crippen LogP contribution in [-0.4, -0.2) is 27.2 Å². The van der Waals surface area contributed by atoms with Crippen molar-refractivity contribution in [3.63, 3.8) is 0 Å². The smallest absolute Gasteiger partial charge is 0.328 e. The number of H-pyrrole nitrogens is 1. The fraction of sp³-hybridized carbons (Fsp3) is 0.158. The maximum atomic E-state index is 12.7. The molecule has 0 radical (unpaired) electrons. The highest BCUT2D eigenvalue weighted by atomic mass is 16.7. The number of nitrogens with one attached hydrogen (secondary N) is 2. The number of nitrogens with zero attached hydrogens (tertiary/aromatic N) is 2. The maximum Gasteiger partial charge on any atom is 0.328 e. The highest BCUT2D eigenvalue weighted by Crippen LogP contribution is 2.32. The summed E-state index contributed by atoms with van der Waals surface area (Å²) in [6.07, 6.45) is 4.37. The molecule has 4 rings (SSSR count). The van der Waals surface area contributed by atoms with Gasteiger partial charge in [0.25, 0.3) is 11.5 Å². The molecular formula is C19H16N4O5. The molecule has 0 fully saturated rings. The summed E-state index contributed by atoms with van der Waals surface area (Å²) in [7, 11) is 0. The Morgan fingerprint density at radius 3 is 2.86 bits per heavy atom. The molecule has 28 heavy (non-hydrogen) atoms. The molecule has 1 aliphatic heterocycles. The van der Waals surface area contributed by atoms with E-state index in [9.17, 15) is 14.4 Å². The number of hydrogen-bond donors (Lipinski definition) is 2. The van der Waals surface area contributed by atoms with E-state index in [1.165, 1.54) is 0 Å². The van der Waals surface area contributed by atoms with Gasteiger partial charge in [0, 0.05) is 25.1 Å². The SMILES string of the molecule is O=C(NCc1cccnc1)c1c[nH]c(=O)n(Cc2ccc3c(c2)OCO3)c1=O. The van der Waals surface area contributed by atoms with E-state index < -0.39 is 17.2 Å². The van der Waals surface area contributed by atoms with Crippen molar-refractivity contribution in [3.8, 4) is 11.5 Å². The number of carbonyl (C=O) groups excluding carboxylic acids is 1. The zero-order valence-electron chi connectivity index (χ0n) is 14.7. The Bertz CT molecular complexity index is 1140. The molecule has 3 heterocycles. The molecule has 0 spiro atoms. The summed E-state index contributed by atoms with van der Waals surface area (Å²) in [5.74, 6) is 0.574. The monoisotopic (exact) mass is 380 g/mol. The van der Waals surface area contributed by atoms with Crippen LogP contribution in [-0.2, 0) is 13.1 Å². The van der Waals surface area contributed by atoms with Crippen LogP contribution in [0.3, 0.4) is 0 Å². The van der Waals surface area contributed by atoms with Gasteiger partial charge in [-0.1, -0.05) is 12.1 Å². The van der Waals surface area contributed by atoms with Crippen molar-refractivity contribution < 1.29 is 14.3 Å². The number of rotatable bonds is 5. The normalized spacial score (nSPS) is 12.0. The fourth-order valence-electron chi connectivity index (χ4n) is 2.82. The minimum absolute atomic E-state index is 0.00542. The predicted molar refractivity (Wildman–Crippen MR) is 98.4 cm³/mol. The van der Waals surface area contributed by atoms with E-state index in [1.807, 2.05) is 0 Å². The molecule has 142 valence electrons. The molecule has 0 unspecified atom stereocenters. The molecule has 0 atom stereocenters. The van der Waals surface area contributed by atoms with Crippen LogP contribution in [0.15, 0.2) is 58.5 Å². The lowest BCUT2D eigenvalue weighted by atomic mass is 10.2. The second kappa shape index (κ2) is 7.39. The molecule has 1 aromatic carbocycles. The Balaban J connectivity index is 1.56. The van der Waals surface area contributed by atoms with Gasteiger partial charge < -0.3 is 19.8 Å². The third-order valence-electron chi connectivity index (χ3n) is 4.26. The first-order valence-electron chi connectivity index (χ1n) is 8.50. The van der Waals surface area contributed by atoms with Gasteiger partial charge in [0.05, 0.1) is 6.54 Å². The highest BCUT2D eigenvalue weighted by Gasteiger charge is 2.17. The number of aromatic nitrogens is 3. The van der Waals surface area contributed by atoms with Gasteiger partial charge in [-0.3, -0.25) is 19.1 Å². The molecule has 0 bridgehead atoms. The van der Waals surface area contributed by atoms with Crippen LogP contribution in [0, 0.1) is 0 Å². The minimum Gasteiger partial charge on any atom is -0.454 e. The van der Waals surface area contributed by atoms with Crippen molar-refractivity contribution in [1.82, 2.24) is 19.9 Å². The number of amides is 1. The summed E-state index contributed by atoms with van der Waals surface area (Å²) in [5, 5.41) is 2.65. The number of hydrogen-bond acceptors (Lipinski definition) is 6. The molecular weight excluding hydrogens is 364 g/mol. The lowest BCUT2D eigenvalue weighted by Gasteiger charge is -2.09. The van der Waals surface area contributed by atoms with Gasteiger partial charge in [0.15, 0.2) is 11.5 Å². The Morgan fingerprint density at radius 1 is 1.18 bits per heavy atom. The van der Waals surface area contributed by atoms with Crippen LogP contribution in [0.25, 0.3) is 0 Å². The second-order valence-electron chi connectivity index (χ2n) is 6.13. The summed E-state index contributed by atoms with van der Waals surface area (Å²) in [6.45, 7) is 0.341. The largest absolute Gasteiger partial charge is 0.454 e. The Labute approximate surface area is 158 Å². The lowest BCUT2D eigenvalue weighted by molar-refractivity contribution is 0.0948. The van der Waals surface area contributed by atoms with E-state index in [-0.39, 0.29) is 25.4 Å². The van der Waals surface area contributed by atoms with Gasteiger partial charge in [0.1, 0.15) is 5.56 Å². The van der Waals surface area contributed by atoms with Gasteiger partial charge in [-0.25, -0.2) is 4.79 Å². The van der Waals surface area contributed by atoms with Crippen LogP contribution >= 0.6 is 0 Å². The first kappa shape index (κ1) is 17.5. The Hall–Kier alpha value is -3.88. The van der Waals surface area contributed by atoms with E-state index in [0.29, 0.717) is 17.1 Å². The number of aromatic amines is 1. The highest BCUT2D eigenvalue weighted by molar-refractivity contribution is 5.93. The second-order valence-corrected chi connectivity index (χ2v) is 6.13. The zero-order valence-corrected chi connectivity index (χ0v) is 14.7. The van der Waals surface area contributed by atoms with Crippen molar-refractivity contribution in [2.75, 3.05) is 6.79 Å². The van der Waals surface area contributed by atoms with Gasteiger partial charge in [-0.15, -0.1) is 0 Å². The van der Waals surface area contributed by atoms with E-state index in [4.69, 9.17) is 9.47 Å². The summed E-state index contributed by atoms with van der Waals surface area (Å²) >= 11 is 0. The zero-order chi connectivity index (χ0) is 19.5. The van der Waals surface area contributed by atoms with Gasteiger partial charge >= 0.3 is 5.69 Å². The molecule has 3 aromatic rings. The van der Waals surface area contributed by atoms with Crippen LogP contribution in [0.2, 0.25) is 0 Å². The minimum atomic E-state index is -0.676. The third-order valence-corrected chi connectivity index (χ3v) is 4.26. The van der Waals surface area contributed by atoms with Gasteiger partial charge in [-0.05, 0) is 29.3 Å². The van der Waals surface area contributed by atoms with Crippen molar-refractivity contribution in [3.05, 3.63) is 86.5 Å². The van der Waals surface area contributed by atoms with Crippen LogP contribution in [0.4, 0.5) is 0 Å². The van der Waals surface area contributed by atoms with Gasteiger partial charge in [-0.2, -0.15) is 0 Å². The Kier molecular flexibility index (Phi) is 4.63. The van der Waals surface area contributed by atoms with Crippen LogP contribution in [0.5, 0.6) is 11.5 Å². The van der Waals surface area contributed by atoms with E-state index in [1.54, 1.807) is 42.7 Å². The van der Waals surface area contributed by atoms with Crippen molar-refractivity contribution in [2.24, 2.45) is 0 Å². The van der Waals surface area contributed by atoms with Gasteiger partial charge in [0.2, 0.25) is 6.79 Å².